The maximum absolute atomic E-state index is 14.6. The van der Waals surface area contributed by atoms with E-state index >= 15 is 0 Å². The molecule has 0 spiro atoms. The number of piperazine rings is 2. The number of fused-ring (bicyclic) bond motifs is 2. The number of aromatic carboxylic acids is 2. The number of aromatic nitrogens is 2. The zero-order valence-electron chi connectivity index (χ0n) is 26.8. The van der Waals surface area contributed by atoms with E-state index in [2.05, 4.69) is 10.6 Å². The fourth-order valence-electron chi connectivity index (χ4n) is 6.61. The van der Waals surface area contributed by atoms with Crippen LogP contribution in [0.2, 0.25) is 0 Å². The Labute approximate surface area is 309 Å². The monoisotopic (exact) mass is 700 g/mol. The summed E-state index contributed by atoms with van der Waals surface area (Å²) in [6.45, 7) is 5.85. The summed E-state index contributed by atoms with van der Waals surface area (Å²) in [5.74, 6) is -4.05. The van der Waals surface area contributed by atoms with Gasteiger partial charge in [0.2, 0.25) is 0 Å². The van der Waals surface area contributed by atoms with Gasteiger partial charge in [-0.15, -0.1) is 0 Å². The minimum Gasteiger partial charge on any atom is -0.545 e. The van der Waals surface area contributed by atoms with Crippen molar-refractivity contribution >= 4 is 82.9 Å². The van der Waals surface area contributed by atoms with Crippen LogP contribution in [-0.2, 0) is 0 Å². The van der Waals surface area contributed by atoms with Crippen molar-refractivity contribution < 1.29 is 28.6 Å². The molecule has 2 aromatic heterocycles. The van der Waals surface area contributed by atoms with Crippen LogP contribution in [0.5, 0.6) is 0 Å². The van der Waals surface area contributed by atoms with Gasteiger partial charge in [0.1, 0.15) is 11.6 Å². The second kappa shape index (κ2) is 14.4. The van der Waals surface area contributed by atoms with Gasteiger partial charge in [-0.05, 0) is 49.9 Å². The maximum atomic E-state index is 14.6. The summed E-state index contributed by atoms with van der Waals surface area (Å²) < 4.78 is 32.8. The molecule has 0 amide bonds. The normalized spacial score (nSPS) is 17.8. The first-order valence-electron chi connectivity index (χ1n) is 16.2. The summed E-state index contributed by atoms with van der Waals surface area (Å²) in [5, 5.41) is 29.1. The van der Waals surface area contributed by atoms with Crippen LogP contribution in [0, 0.1) is 11.6 Å². The Balaban J connectivity index is 0.000000167. The minimum absolute atomic E-state index is 0. The number of anilines is 2. The van der Waals surface area contributed by atoms with Crippen LogP contribution in [0.4, 0.5) is 20.2 Å². The number of carbonyl (C=O) groups is 2. The smallest absolute Gasteiger partial charge is 0.545 e. The van der Waals surface area contributed by atoms with Crippen LogP contribution in [0.1, 0.15) is 58.5 Å². The molecule has 2 aromatic carbocycles. The molecule has 0 radical (unpaired) electrons. The Morgan fingerprint density at radius 2 is 0.980 bits per heavy atom. The third-order valence-electron chi connectivity index (χ3n) is 9.44. The summed E-state index contributed by atoms with van der Waals surface area (Å²) in [6.07, 6.45) is 6.37. The van der Waals surface area contributed by atoms with Crippen LogP contribution in [0.3, 0.4) is 0 Å². The number of nitrogens with one attached hydrogen (secondary N) is 2. The van der Waals surface area contributed by atoms with Gasteiger partial charge in [-0.1, -0.05) is 0 Å². The SMILES string of the molecule is O=C([O-])c1cn(C2CC2)c2cc(N3CCNCC3)c(F)cc2c1=O.O=C([O-])c1cn(C2CC2)c2cc(N3CCNCC3)c(F)cc2c1=O.[Ca+2]. The molecule has 8 rings (SSSR count). The number of rotatable bonds is 6. The third kappa shape index (κ3) is 7.06. The van der Waals surface area contributed by atoms with Crippen molar-refractivity contribution in [1.29, 1.82) is 0 Å². The summed E-state index contributed by atoms with van der Waals surface area (Å²) >= 11 is 0. The Morgan fingerprint density at radius 1 is 0.633 bits per heavy atom. The molecule has 4 heterocycles. The van der Waals surface area contributed by atoms with Gasteiger partial charge in [-0.3, -0.25) is 9.59 Å². The molecule has 2 saturated heterocycles. The van der Waals surface area contributed by atoms with E-state index in [9.17, 15) is 38.2 Å². The molecule has 0 unspecified atom stereocenters. The molecular weight excluding hydrogens is 666 g/mol. The Kier molecular flexibility index (Phi) is 10.3. The van der Waals surface area contributed by atoms with Crippen LogP contribution >= 0.6 is 0 Å². The molecule has 4 aromatic rings. The first kappa shape index (κ1) is 35.3. The second-order valence-electron chi connectivity index (χ2n) is 12.7. The van der Waals surface area contributed by atoms with Crippen molar-refractivity contribution in [3.8, 4) is 0 Å². The number of halogens is 2. The molecule has 0 atom stereocenters. The average molecular weight is 701 g/mol. The van der Waals surface area contributed by atoms with E-state index in [0.29, 0.717) is 48.6 Å². The van der Waals surface area contributed by atoms with Crippen molar-refractivity contribution in [1.82, 2.24) is 19.8 Å². The van der Waals surface area contributed by atoms with E-state index in [-0.39, 0.29) is 60.6 Å². The molecule has 2 saturated carbocycles. The predicted molar refractivity (Wildman–Crippen MR) is 177 cm³/mol. The summed E-state index contributed by atoms with van der Waals surface area (Å²) in [7, 11) is 0. The Hall–Kier alpha value is -3.56. The average Bonchev–Trinajstić information content (AvgIpc) is 4.01. The molecule has 4 aliphatic rings. The van der Waals surface area contributed by atoms with E-state index in [1.165, 1.54) is 24.5 Å². The molecule has 15 heteroatoms. The van der Waals surface area contributed by atoms with Crippen molar-refractivity contribution in [3.63, 3.8) is 0 Å². The van der Waals surface area contributed by atoms with E-state index < -0.39 is 45.6 Å². The van der Waals surface area contributed by atoms with Crippen LogP contribution in [0.15, 0.2) is 46.2 Å². The quantitative estimate of drug-likeness (QED) is 0.265. The molecule has 4 fully saturated rings. The van der Waals surface area contributed by atoms with Gasteiger partial charge in [-0.25, -0.2) is 8.78 Å². The largest absolute Gasteiger partial charge is 2.00 e. The predicted octanol–water partition coefficient (Wildman–Crippen LogP) is 0.116. The van der Waals surface area contributed by atoms with Gasteiger partial charge < -0.3 is 49.4 Å². The number of hydrogen-bond donors (Lipinski definition) is 2. The molecule has 2 N–H and O–H groups in total. The van der Waals surface area contributed by atoms with Crippen LogP contribution in [0.25, 0.3) is 21.8 Å². The second-order valence-corrected chi connectivity index (χ2v) is 12.7. The standard InChI is InChI=1S/2C17H18FN3O3.Ca/c2*18-13-7-11-14(8-15(13)20-5-3-19-4-6-20)21(10-1-2-10)9-12(16(11)22)17(23)24;/h2*7-10,19H,1-6H2,(H,23,24);/q;;+2/p-2. The molecule has 49 heavy (non-hydrogen) atoms. The first-order chi connectivity index (χ1) is 23.1. The third-order valence-corrected chi connectivity index (χ3v) is 9.44. The van der Waals surface area contributed by atoms with Gasteiger partial charge in [0, 0.05) is 87.6 Å². The van der Waals surface area contributed by atoms with Crippen LogP contribution in [-0.4, -0.2) is 111 Å². The van der Waals surface area contributed by atoms with Crippen molar-refractivity contribution in [2.75, 3.05) is 62.2 Å². The van der Waals surface area contributed by atoms with Gasteiger partial charge in [-0.2, -0.15) is 0 Å². The summed E-state index contributed by atoms with van der Waals surface area (Å²) in [4.78, 5) is 51.1. The number of hydrogen-bond acceptors (Lipinski definition) is 10. The maximum Gasteiger partial charge on any atom is 2.00 e. The minimum atomic E-state index is -1.53. The van der Waals surface area contributed by atoms with Gasteiger partial charge in [0.15, 0.2) is 10.9 Å². The molecule has 2 aliphatic carbocycles. The number of carboxylic acid groups (broad SMARTS) is 2. The number of carboxylic acids is 2. The zero-order chi connectivity index (χ0) is 33.7. The van der Waals surface area contributed by atoms with E-state index in [4.69, 9.17) is 0 Å². The molecule has 2 aliphatic heterocycles. The molecule has 0 bridgehead atoms. The number of nitrogens with zero attached hydrogens (tertiary/aromatic N) is 4. The van der Waals surface area contributed by atoms with Crippen LogP contribution < -0.4 is 41.5 Å². The van der Waals surface area contributed by atoms with E-state index in [0.717, 1.165) is 51.9 Å². The number of pyridine rings is 2. The zero-order valence-corrected chi connectivity index (χ0v) is 29.0. The number of benzene rings is 2. The fourth-order valence-corrected chi connectivity index (χ4v) is 6.61. The van der Waals surface area contributed by atoms with E-state index in [1.54, 1.807) is 21.3 Å². The molecule has 252 valence electrons. The van der Waals surface area contributed by atoms with Gasteiger partial charge in [0.25, 0.3) is 0 Å². The van der Waals surface area contributed by atoms with Gasteiger partial charge >= 0.3 is 37.7 Å². The van der Waals surface area contributed by atoms with Gasteiger partial charge in [0.05, 0.1) is 45.5 Å². The Bertz CT molecular complexity index is 1920. The molecular formula is C34H34CaF2N6O6. The fraction of sp³-hybridized carbons (Fsp3) is 0.412. The van der Waals surface area contributed by atoms with Crippen molar-refractivity contribution in [2.24, 2.45) is 0 Å². The topological polar surface area (TPSA) is 155 Å². The molecule has 12 nitrogen and oxygen atoms in total. The Morgan fingerprint density at radius 3 is 1.29 bits per heavy atom. The van der Waals surface area contributed by atoms with Crippen molar-refractivity contribution in [3.05, 3.63) is 79.9 Å². The van der Waals surface area contributed by atoms with E-state index in [1.807, 2.05) is 9.80 Å². The first-order valence-corrected chi connectivity index (χ1v) is 16.2. The summed E-state index contributed by atoms with van der Waals surface area (Å²) in [5.41, 5.74) is -0.115. The number of carbonyl (C=O) groups excluding carboxylic acids is 2. The van der Waals surface area contributed by atoms with Crippen molar-refractivity contribution in [2.45, 2.75) is 37.8 Å². The summed E-state index contributed by atoms with van der Waals surface area (Å²) in [6, 6.07) is 6.00.